The van der Waals surface area contributed by atoms with Crippen LogP contribution in [0.2, 0.25) is 0 Å². The van der Waals surface area contributed by atoms with Crippen LogP contribution in [0, 0.1) is 18.8 Å². The number of hydrogen-bond acceptors (Lipinski definition) is 3. The molecule has 0 radical (unpaired) electrons. The van der Waals surface area contributed by atoms with Crippen molar-refractivity contribution in [2.24, 2.45) is 11.8 Å². The van der Waals surface area contributed by atoms with Crippen LogP contribution in [0.1, 0.15) is 43.3 Å². The molecule has 1 fully saturated rings. The number of aryl methyl sites for hydroxylation is 1. The third kappa shape index (κ3) is 2.83. The van der Waals surface area contributed by atoms with Gasteiger partial charge < -0.3 is 5.11 Å². The number of nitrogens with zero attached hydrogens (tertiary/aromatic N) is 1. The minimum atomic E-state index is -0.179. The molecule has 1 heterocycles. The molecule has 0 aromatic carbocycles. The second-order valence-electron chi connectivity index (χ2n) is 5.00. The molecule has 0 amide bonds. The fourth-order valence-corrected chi connectivity index (χ4v) is 3.50. The van der Waals surface area contributed by atoms with Gasteiger partial charge in [0.2, 0.25) is 0 Å². The van der Waals surface area contributed by atoms with Crippen molar-refractivity contribution in [2.75, 3.05) is 0 Å². The Bertz CT molecular complexity index is 336. The third-order valence-electron chi connectivity index (χ3n) is 3.75. The lowest BCUT2D eigenvalue weighted by atomic mass is 9.96. The van der Waals surface area contributed by atoms with E-state index in [1.807, 2.05) is 6.92 Å². The summed E-state index contributed by atoms with van der Waals surface area (Å²) in [4.78, 5) is 4.42. The minimum Gasteiger partial charge on any atom is -0.392 e. The molecule has 16 heavy (non-hydrogen) atoms. The number of thiazole rings is 1. The van der Waals surface area contributed by atoms with Gasteiger partial charge in [0.1, 0.15) is 0 Å². The zero-order chi connectivity index (χ0) is 11.5. The Hall–Kier alpha value is -0.410. The number of aliphatic hydroxyl groups excluding tert-OH is 1. The number of aliphatic hydroxyl groups is 1. The molecule has 1 N–H and O–H groups in total. The van der Waals surface area contributed by atoms with E-state index in [0.29, 0.717) is 5.92 Å². The Labute approximate surface area is 102 Å². The Morgan fingerprint density at radius 1 is 1.56 bits per heavy atom. The predicted octanol–water partition coefficient (Wildman–Crippen LogP) is 3.18. The highest BCUT2D eigenvalue weighted by Gasteiger charge is 2.29. The molecule has 1 aliphatic rings. The fourth-order valence-electron chi connectivity index (χ4n) is 2.68. The summed E-state index contributed by atoms with van der Waals surface area (Å²) in [7, 11) is 0. The van der Waals surface area contributed by atoms with Gasteiger partial charge in [-0.3, -0.25) is 0 Å². The molecule has 1 aliphatic carbocycles. The van der Waals surface area contributed by atoms with Crippen LogP contribution in [0.3, 0.4) is 0 Å². The molecule has 0 saturated heterocycles. The van der Waals surface area contributed by atoms with E-state index in [4.69, 9.17) is 0 Å². The normalized spacial score (nSPS) is 27.2. The van der Waals surface area contributed by atoms with E-state index < -0.39 is 0 Å². The van der Waals surface area contributed by atoms with Gasteiger partial charge in [0.05, 0.1) is 11.1 Å². The van der Waals surface area contributed by atoms with E-state index in [-0.39, 0.29) is 6.10 Å². The maximum Gasteiger partial charge on any atom is 0.0954 e. The van der Waals surface area contributed by atoms with Gasteiger partial charge in [-0.2, -0.15) is 0 Å². The first-order valence-corrected chi connectivity index (χ1v) is 7.16. The van der Waals surface area contributed by atoms with Gasteiger partial charge in [0.25, 0.3) is 0 Å². The maximum absolute atomic E-state index is 10.2. The van der Waals surface area contributed by atoms with Crippen LogP contribution in [0.25, 0.3) is 0 Å². The Balaban J connectivity index is 1.86. The molecule has 2 rings (SSSR count). The molecular weight excluding hydrogens is 218 g/mol. The van der Waals surface area contributed by atoms with Crippen LogP contribution in [0.5, 0.6) is 0 Å². The molecule has 0 spiro atoms. The number of rotatable bonds is 4. The molecule has 0 bridgehead atoms. The van der Waals surface area contributed by atoms with E-state index >= 15 is 0 Å². The maximum atomic E-state index is 10.2. The van der Waals surface area contributed by atoms with E-state index in [2.05, 4.69) is 17.3 Å². The zero-order valence-electron chi connectivity index (χ0n) is 10.1. The lowest BCUT2D eigenvalue weighted by molar-refractivity contribution is 0.108. The highest BCUT2D eigenvalue weighted by atomic mass is 32.1. The lowest BCUT2D eigenvalue weighted by Gasteiger charge is -2.16. The van der Waals surface area contributed by atoms with E-state index in [9.17, 15) is 5.11 Å². The van der Waals surface area contributed by atoms with Crippen LogP contribution in [-0.4, -0.2) is 16.2 Å². The minimum absolute atomic E-state index is 0.179. The second kappa shape index (κ2) is 5.28. The zero-order valence-corrected chi connectivity index (χ0v) is 11.0. The average molecular weight is 239 g/mol. The van der Waals surface area contributed by atoms with Gasteiger partial charge in [0, 0.05) is 17.5 Å². The first-order chi connectivity index (χ1) is 7.69. The molecule has 3 unspecified atom stereocenters. The van der Waals surface area contributed by atoms with Crippen molar-refractivity contribution in [1.29, 1.82) is 0 Å². The summed E-state index contributed by atoms with van der Waals surface area (Å²) in [5.41, 5.74) is 1.07. The summed E-state index contributed by atoms with van der Waals surface area (Å²) >= 11 is 1.67. The molecular formula is C13H21NOS. The van der Waals surface area contributed by atoms with Crippen molar-refractivity contribution in [3.63, 3.8) is 0 Å². The molecule has 3 heteroatoms. The van der Waals surface area contributed by atoms with Crippen LogP contribution >= 0.6 is 11.3 Å². The highest BCUT2D eigenvalue weighted by Crippen LogP contribution is 2.35. The first-order valence-electron chi connectivity index (χ1n) is 6.28. The van der Waals surface area contributed by atoms with E-state index in [1.165, 1.54) is 25.7 Å². The molecule has 90 valence electrons. The molecule has 1 aromatic rings. The van der Waals surface area contributed by atoms with Crippen LogP contribution in [-0.2, 0) is 6.42 Å². The molecule has 2 nitrogen and oxygen atoms in total. The smallest absolute Gasteiger partial charge is 0.0954 e. The molecule has 3 atom stereocenters. The van der Waals surface area contributed by atoms with Crippen LogP contribution in [0.4, 0.5) is 0 Å². The van der Waals surface area contributed by atoms with Crippen molar-refractivity contribution >= 4 is 11.3 Å². The molecule has 1 aromatic heterocycles. The topological polar surface area (TPSA) is 33.1 Å². The van der Waals surface area contributed by atoms with Gasteiger partial charge in [-0.25, -0.2) is 4.98 Å². The van der Waals surface area contributed by atoms with Crippen molar-refractivity contribution in [3.05, 3.63) is 16.1 Å². The quantitative estimate of drug-likeness (QED) is 0.875. The third-order valence-corrected chi connectivity index (χ3v) is 4.74. The number of hydrogen-bond donors (Lipinski definition) is 1. The Morgan fingerprint density at radius 2 is 2.38 bits per heavy atom. The van der Waals surface area contributed by atoms with Crippen LogP contribution < -0.4 is 0 Å². The highest BCUT2D eigenvalue weighted by molar-refractivity contribution is 7.09. The van der Waals surface area contributed by atoms with Gasteiger partial charge in [-0.05, 0) is 31.6 Å². The Kier molecular flexibility index (Phi) is 3.98. The summed E-state index contributed by atoms with van der Waals surface area (Å²) in [5, 5.41) is 13.3. The summed E-state index contributed by atoms with van der Waals surface area (Å²) in [5.74, 6) is 1.35. The van der Waals surface area contributed by atoms with Gasteiger partial charge in [0.15, 0.2) is 0 Å². The standard InChI is InChI=1S/C13H21NOS/c1-3-10-4-5-11(6-10)12(15)7-13-14-9(2)8-16-13/h8,10-12,15H,3-7H2,1-2H3. The summed E-state index contributed by atoms with van der Waals surface area (Å²) in [6, 6.07) is 0. The van der Waals surface area contributed by atoms with Crippen LogP contribution in [0.15, 0.2) is 5.38 Å². The molecule has 1 saturated carbocycles. The Morgan fingerprint density at radius 3 is 2.94 bits per heavy atom. The van der Waals surface area contributed by atoms with Gasteiger partial charge >= 0.3 is 0 Å². The predicted molar refractivity (Wildman–Crippen MR) is 67.7 cm³/mol. The van der Waals surface area contributed by atoms with Crippen molar-refractivity contribution < 1.29 is 5.11 Å². The van der Waals surface area contributed by atoms with E-state index in [0.717, 1.165) is 23.0 Å². The molecule has 0 aliphatic heterocycles. The SMILES string of the molecule is CCC1CCC(C(O)Cc2nc(C)cs2)C1. The average Bonchev–Trinajstić information content (AvgIpc) is 2.87. The largest absolute Gasteiger partial charge is 0.392 e. The fraction of sp³-hybridized carbons (Fsp3) is 0.769. The van der Waals surface area contributed by atoms with Gasteiger partial charge in [-0.1, -0.05) is 19.8 Å². The first kappa shape index (κ1) is 12.1. The van der Waals surface area contributed by atoms with Crippen molar-refractivity contribution in [3.8, 4) is 0 Å². The van der Waals surface area contributed by atoms with E-state index in [1.54, 1.807) is 11.3 Å². The summed E-state index contributed by atoms with van der Waals surface area (Å²) < 4.78 is 0. The lowest BCUT2D eigenvalue weighted by Crippen LogP contribution is -2.20. The summed E-state index contributed by atoms with van der Waals surface area (Å²) in [6.45, 7) is 4.26. The van der Waals surface area contributed by atoms with Crippen molar-refractivity contribution in [2.45, 2.75) is 52.1 Å². The second-order valence-corrected chi connectivity index (χ2v) is 5.94. The number of aromatic nitrogens is 1. The van der Waals surface area contributed by atoms with Crippen molar-refractivity contribution in [1.82, 2.24) is 4.98 Å². The summed E-state index contributed by atoms with van der Waals surface area (Å²) in [6.07, 6.45) is 5.54. The van der Waals surface area contributed by atoms with Gasteiger partial charge in [-0.15, -0.1) is 11.3 Å². The monoisotopic (exact) mass is 239 g/mol.